The molecule has 2 aromatic rings. The van der Waals surface area contributed by atoms with Crippen LogP contribution in [0.3, 0.4) is 0 Å². The lowest BCUT2D eigenvalue weighted by Crippen LogP contribution is -2.41. The molecular weight excluding hydrogens is 302 g/mol. The van der Waals surface area contributed by atoms with Crippen LogP contribution in [0.5, 0.6) is 5.75 Å². The summed E-state index contributed by atoms with van der Waals surface area (Å²) in [4.78, 5) is 12.9. The van der Waals surface area contributed by atoms with E-state index in [1.54, 1.807) is 6.07 Å². The van der Waals surface area contributed by atoms with Crippen molar-refractivity contribution in [3.8, 4) is 5.75 Å². The summed E-state index contributed by atoms with van der Waals surface area (Å²) in [6.45, 7) is 0. The molecule has 24 heavy (non-hydrogen) atoms. The van der Waals surface area contributed by atoms with E-state index < -0.39 is 6.10 Å². The van der Waals surface area contributed by atoms with Crippen LogP contribution in [0, 0.1) is 0 Å². The zero-order valence-corrected chi connectivity index (χ0v) is 13.4. The molecule has 3 atom stereocenters. The first kappa shape index (κ1) is 15.2. The maximum Gasteiger partial charge on any atom is 0.228 e. The Morgan fingerprint density at radius 3 is 2.62 bits per heavy atom. The van der Waals surface area contributed by atoms with Gasteiger partial charge in [0.2, 0.25) is 5.91 Å². The van der Waals surface area contributed by atoms with Crippen LogP contribution < -0.4 is 5.32 Å². The topological polar surface area (TPSA) is 69.6 Å². The lowest BCUT2D eigenvalue weighted by atomic mass is 9.85. The van der Waals surface area contributed by atoms with E-state index in [1.165, 1.54) is 5.56 Å². The predicted octanol–water partition coefficient (Wildman–Crippen LogP) is 2.59. The minimum atomic E-state index is -0.575. The second kappa shape index (κ2) is 5.95. The van der Waals surface area contributed by atoms with Crippen molar-refractivity contribution in [1.29, 1.82) is 0 Å². The van der Waals surface area contributed by atoms with Gasteiger partial charge in [-0.25, -0.2) is 0 Å². The van der Waals surface area contributed by atoms with E-state index in [4.69, 9.17) is 0 Å². The van der Waals surface area contributed by atoms with E-state index in [0.29, 0.717) is 12.8 Å². The van der Waals surface area contributed by atoms with E-state index in [-0.39, 0.29) is 23.6 Å². The van der Waals surface area contributed by atoms with Crippen molar-refractivity contribution in [2.24, 2.45) is 0 Å². The maximum atomic E-state index is 12.9. The van der Waals surface area contributed by atoms with Gasteiger partial charge in [-0.15, -0.1) is 0 Å². The molecule has 0 heterocycles. The first-order valence-corrected chi connectivity index (χ1v) is 8.52. The minimum absolute atomic E-state index is 0.115. The Kier molecular flexibility index (Phi) is 3.77. The number of carbonyl (C=O) groups is 1. The van der Waals surface area contributed by atoms with Gasteiger partial charge in [0.15, 0.2) is 0 Å². The number of aliphatic hydroxyl groups is 1. The molecule has 0 saturated heterocycles. The van der Waals surface area contributed by atoms with Crippen molar-refractivity contribution >= 4 is 5.91 Å². The molecule has 0 aromatic heterocycles. The molecule has 4 nitrogen and oxygen atoms in total. The fourth-order valence-corrected chi connectivity index (χ4v) is 4.10. The lowest BCUT2D eigenvalue weighted by Gasteiger charge is -2.32. The molecule has 2 aliphatic carbocycles. The Balaban J connectivity index is 1.60. The number of amides is 1. The number of aryl methyl sites for hydroxylation is 2. The van der Waals surface area contributed by atoms with Crippen molar-refractivity contribution in [3.05, 3.63) is 64.7 Å². The number of phenolic OH excluding ortho intramolecular Hbond substituents is 1. The van der Waals surface area contributed by atoms with Crippen LogP contribution in [0.15, 0.2) is 42.5 Å². The standard InChI is InChI=1S/C20H21NO3/c22-16-7-3-5-13-8-10-15(18(13)16)20(24)21-19-14-6-2-1-4-12(14)9-11-17(19)23/h1-7,15,17,19,22-23H,8-11H2,(H,21,24)/t15?,17-,19+/m0/s1. The van der Waals surface area contributed by atoms with Crippen molar-refractivity contribution in [2.45, 2.75) is 43.7 Å². The van der Waals surface area contributed by atoms with Gasteiger partial charge in [0.05, 0.1) is 18.1 Å². The molecule has 0 saturated carbocycles. The Bertz CT molecular complexity index is 786. The zero-order valence-electron chi connectivity index (χ0n) is 13.4. The van der Waals surface area contributed by atoms with E-state index >= 15 is 0 Å². The average Bonchev–Trinajstić information content (AvgIpc) is 3.03. The molecule has 124 valence electrons. The number of phenols is 1. The normalized spacial score (nSPS) is 25.0. The highest BCUT2D eigenvalue weighted by molar-refractivity contribution is 5.86. The molecule has 4 rings (SSSR count). The first-order chi connectivity index (χ1) is 11.6. The summed E-state index contributed by atoms with van der Waals surface area (Å²) in [6.07, 6.45) is 2.40. The van der Waals surface area contributed by atoms with Crippen LogP contribution in [0.4, 0.5) is 0 Å². The third-order valence-electron chi connectivity index (χ3n) is 5.32. The second-order valence-corrected chi connectivity index (χ2v) is 6.73. The molecule has 1 amide bonds. The third kappa shape index (κ3) is 2.47. The number of rotatable bonds is 2. The van der Waals surface area contributed by atoms with Gasteiger partial charge in [0.25, 0.3) is 0 Å². The van der Waals surface area contributed by atoms with Crippen LogP contribution in [-0.4, -0.2) is 22.2 Å². The number of hydrogen-bond acceptors (Lipinski definition) is 3. The minimum Gasteiger partial charge on any atom is -0.508 e. The lowest BCUT2D eigenvalue weighted by molar-refractivity contribution is -0.124. The fraction of sp³-hybridized carbons (Fsp3) is 0.350. The maximum absolute atomic E-state index is 12.9. The number of fused-ring (bicyclic) bond motifs is 2. The van der Waals surface area contributed by atoms with Gasteiger partial charge in [0, 0.05) is 5.56 Å². The quantitative estimate of drug-likeness (QED) is 0.795. The SMILES string of the molecule is O=C(N[C@@H]1c2ccccc2CC[C@@H]1O)C1CCc2cccc(O)c21. The molecule has 0 aliphatic heterocycles. The fourth-order valence-electron chi connectivity index (χ4n) is 4.10. The highest BCUT2D eigenvalue weighted by atomic mass is 16.3. The Morgan fingerprint density at radius 1 is 1.00 bits per heavy atom. The summed E-state index contributed by atoms with van der Waals surface area (Å²) in [5.74, 6) is -0.270. The van der Waals surface area contributed by atoms with E-state index in [1.807, 2.05) is 30.3 Å². The molecule has 1 unspecified atom stereocenters. The highest BCUT2D eigenvalue weighted by Gasteiger charge is 2.35. The van der Waals surface area contributed by atoms with Gasteiger partial charge < -0.3 is 15.5 Å². The summed E-state index contributed by atoms with van der Waals surface area (Å²) in [6, 6.07) is 13.0. The van der Waals surface area contributed by atoms with Crippen LogP contribution in [0.2, 0.25) is 0 Å². The highest BCUT2D eigenvalue weighted by Crippen LogP contribution is 2.40. The number of hydrogen-bond donors (Lipinski definition) is 3. The smallest absolute Gasteiger partial charge is 0.228 e. The second-order valence-electron chi connectivity index (χ2n) is 6.73. The molecule has 0 bridgehead atoms. The van der Waals surface area contributed by atoms with Crippen molar-refractivity contribution < 1.29 is 15.0 Å². The largest absolute Gasteiger partial charge is 0.508 e. The zero-order chi connectivity index (χ0) is 16.7. The Hall–Kier alpha value is -2.33. The monoisotopic (exact) mass is 323 g/mol. The van der Waals surface area contributed by atoms with Crippen molar-refractivity contribution in [2.75, 3.05) is 0 Å². The number of nitrogens with one attached hydrogen (secondary N) is 1. The average molecular weight is 323 g/mol. The summed E-state index contributed by atoms with van der Waals surface area (Å²) in [5, 5.41) is 23.6. The van der Waals surface area contributed by atoms with Crippen molar-refractivity contribution in [3.63, 3.8) is 0 Å². The Morgan fingerprint density at radius 2 is 1.75 bits per heavy atom. The summed E-state index contributed by atoms with van der Waals surface area (Å²) in [5.41, 5.74) is 3.97. The van der Waals surface area contributed by atoms with Gasteiger partial charge in [-0.3, -0.25) is 4.79 Å². The number of benzene rings is 2. The summed E-state index contributed by atoms with van der Waals surface area (Å²) in [7, 11) is 0. The number of aliphatic hydroxyl groups excluding tert-OH is 1. The molecular formula is C20H21NO3. The third-order valence-corrected chi connectivity index (χ3v) is 5.32. The van der Waals surface area contributed by atoms with Gasteiger partial charge in [-0.05, 0) is 48.4 Å². The molecule has 0 spiro atoms. The molecule has 0 radical (unpaired) electrons. The molecule has 4 heteroatoms. The molecule has 0 fully saturated rings. The molecule has 2 aromatic carbocycles. The van der Waals surface area contributed by atoms with E-state index in [0.717, 1.165) is 29.5 Å². The van der Waals surface area contributed by atoms with Gasteiger partial charge in [0.1, 0.15) is 5.75 Å². The molecule has 3 N–H and O–H groups in total. The molecule has 2 aliphatic rings. The van der Waals surface area contributed by atoms with Crippen LogP contribution in [-0.2, 0) is 17.6 Å². The summed E-state index contributed by atoms with van der Waals surface area (Å²) < 4.78 is 0. The van der Waals surface area contributed by atoms with Crippen LogP contribution in [0.1, 0.15) is 47.1 Å². The number of aromatic hydroxyl groups is 1. The van der Waals surface area contributed by atoms with Gasteiger partial charge in [-0.1, -0.05) is 36.4 Å². The summed E-state index contributed by atoms with van der Waals surface area (Å²) >= 11 is 0. The van der Waals surface area contributed by atoms with Gasteiger partial charge in [-0.2, -0.15) is 0 Å². The predicted molar refractivity (Wildman–Crippen MR) is 90.8 cm³/mol. The Labute approximate surface area is 141 Å². The van der Waals surface area contributed by atoms with Crippen LogP contribution in [0.25, 0.3) is 0 Å². The number of carbonyl (C=O) groups excluding carboxylic acids is 1. The van der Waals surface area contributed by atoms with Crippen molar-refractivity contribution in [1.82, 2.24) is 5.32 Å². The van der Waals surface area contributed by atoms with E-state index in [2.05, 4.69) is 11.4 Å². The first-order valence-electron chi connectivity index (χ1n) is 8.52. The van der Waals surface area contributed by atoms with E-state index in [9.17, 15) is 15.0 Å². The van der Waals surface area contributed by atoms with Gasteiger partial charge >= 0.3 is 0 Å². The van der Waals surface area contributed by atoms with Crippen LogP contribution >= 0.6 is 0 Å².